The van der Waals surface area contributed by atoms with Gasteiger partial charge in [-0.15, -0.1) is 11.6 Å². The van der Waals surface area contributed by atoms with Crippen molar-refractivity contribution in [3.05, 3.63) is 40.1 Å². The zero-order valence-electron chi connectivity index (χ0n) is 7.51. The number of aromatic nitrogens is 1. The van der Waals surface area contributed by atoms with E-state index in [1.54, 1.807) is 24.3 Å². The van der Waals surface area contributed by atoms with Gasteiger partial charge in [0.15, 0.2) is 5.76 Å². The van der Waals surface area contributed by atoms with Gasteiger partial charge in [-0.25, -0.2) is 0 Å². The Morgan fingerprint density at radius 1 is 1.20 bits per heavy atom. The summed E-state index contributed by atoms with van der Waals surface area (Å²) >= 11 is 17.4. The second-order valence-electron chi connectivity index (χ2n) is 2.94. The van der Waals surface area contributed by atoms with Crippen molar-refractivity contribution >= 4 is 34.8 Å². The SMILES string of the molecule is ClCc1cc(-c2ccc(Cl)cc2Cl)no1. The van der Waals surface area contributed by atoms with Crippen LogP contribution in [-0.4, -0.2) is 5.16 Å². The fraction of sp³-hybridized carbons (Fsp3) is 0.100. The molecule has 15 heavy (non-hydrogen) atoms. The van der Waals surface area contributed by atoms with Gasteiger partial charge in [-0.3, -0.25) is 0 Å². The molecule has 0 aliphatic rings. The van der Waals surface area contributed by atoms with Crippen LogP contribution in [-0.2, 0) is 5.88 Å². The number of alkyl halides is 1. The van der Waals surface area contributed by atoms with Gasteiger partial charge in [0.1, 0.15) is 5.69 Å². The number of nitrogens with zero attached hydrogens (tertiary/aromatic N) is 1. The smallest absolute Gasteiger partial charge is 0.152 e. The number of hydrogen-bond acceptors (Lipinski definition) is 2. The summed E-state index contributed by atoms with van der Waals surface area (Å²) in [5, 5.41) is 4.99. The summed E-state index contributed by atoms with van der Waals surface area (Å²) in [5.74, 6) is 0.899. The Kier molecular flexibility index (Phi) is 3.19. The first kappa shape index (κ1) is 10.8. The molecule has 2 nitrogen and oxygen atoms in total. The molecule has 0 amide bonds. The van der Waals surface area contributed by atoms with E-state index in [9.17, 15) is 0 Å². The van der Waals surface area contributed by atoms with E-state index >= 15 is 0 Å². The Morgan fingerprint density at radius 2 is 2.00 bits per heavy atom. The predicted molar refractivity (Wildman–Crippen MR) is 61.5 cm³/mol. The normalized spacial score (nSPS) is 10.6. The van der Waals surface area contributed by atoms with E-state index < -0.39 is 0 Å². The zero-order valence-corrected chi connectivity index (χ0v) is 9.77. The molecule has 0 aliphatic heterocycles. The van der Waals surface area contributed by atoms with Crippen molar-refractivity contribution in [3.8, 4) is 11.3 Å². The molecule has 0 atom stereocenters. The Bertz CT molecular complexity index is 481. The average molecular weight is 263 g/mol. The molecule has 0 unspecified atom stereocenters. The second-order valence-corrected chi connectivity index (χ2v) is 4.05. The summed E-state index contributed by atoms with van der Waals surface area (Å²) in [7, 11) is 0. The fourth-order valence-electron chi connectivity index (χ4n) is 1.20. The fourth-order valence-corrected chi connectivity index (χ4v) is 1.83. The van der Waals surface area contributed by atoms with Gasteiger partial charge < -0.3 is 4.52 Å². The topological polar surface area (TPSA) is 26.0 Å². The third-order valence-electron chi connectivity index (χ3n) is 1.90. The Hall–Kier alpha value is -0.700. The zero-order chi connectivity index (χ0) is 10.8. The van der Waals surface area contributed by atoms with Gasteiger partial charge >= 0.3 is 0 Å². The molecule has 78 valence electrons. The predicted octanol–water partition coefficient (Wildman–Crippen LogP) is 4.39. The Balaban J connectivity index is 2.44. The Labute approximate surface area is 102 Å². The standard InChI is InChI=1S/C10H6Cl3NO/c11-5-7-4-10(14-15-7)8-2-1-6(12)3-9(8)13/h1-4H,5H2. The lowest BCUT2D eigenvalue weighted by atomic mass is 10.1. The van der Waals surface area contributed by atoms with Crippen LogP contribution in [0.3, 0.4) is 0 Å². The summed E-state index contributed by atoms with van der Waals surface area (Å²) < 4.78 is 4.98. The molecule has 0 aliphatic carbocycles. The van der Waals surface area contributed by atoms with Crippen LogP contribution in [0.25, 0.3) is 11.3 Å². The molecule has 0 radical (unpaired) electrons. The first-order valence-electron chi connectivity index (χ1n) is 4.17. The minimum absolute atomic E-state index is 0.290. The van der Waals surface area contributed by atoms with Crippen molar-refractivity contribution < 1.29 is 4.52 Å². The lowest BCUT2D eigenvalue weighted by Gasteiger charge is -1.99. The van der Waals surface area contributed by atoms with Gasteiger partial charge in [-0.1, -0.05) is 28.4 Å². The van der Waals surface area contributed by atoms with Crippen molar-refractivity contribution in [1.29, 1.82) is 0 Å². The van der Waals surface area contributed by atoms with E-state index in [-0.39, 0.29) is 5.88 Å². The monoisotopic (exact) mass is 261 g/mol. The van der Waals surface area contributed by atoms with Gasteiger partial charge in [0, 0.05) is 16.7 Å². The first-order valence-corrected chi connectivity index (χ1v) is 5.46. The minimum Gasteiger partial charge on any atom is -0.359 e. The van der Waals surface area contributed by atoms with Crippen LogP contribution in [0.15, 0.2) is 28.8 Å². The maximum atomic E-state index is 6.02. The van der Waals surface area contributed by atoms with Gasteiger partial charge in [-0.05, 0) is 18.2 Å². The minimum atomic E-state index is 0.290. The van der Waals surface area contributed by atoms with Crippen LogP contribution in [0.5, 0.6) is 0 Å². The number of benzene rings is 1. The molecular formula is C10H6Cl3NO. The molecule has 1 heterocycles. The molecule has 0 saturated heterocycles. The van der Waals surface area contributed by atoms with Crippen molar-refractivity contribution in [2.45, 2.75) is 5.88 Å². The van der Waals surface area contributed by atoms with Crippen molar-refractivity contribution in [1.82, 2.24) is 5.16 Å². The van der Waals surface area contributed by atoms with E-state index in [1.165, 1.54) is 0 Å². The van der Waals surface area contributed by atoms with Crippen LogP contribution in [0.2, 0.25) is 10.0 Å². The third-order valence-corrected chi connectivity index (χ3v) is 2.71. The van der Waals surface area contributed by atoms with Gasteiger partial charge in [0.05, 0.1) is 10.9 Å². The number of rotatable bonds is 2. The molecule has 1 aromatic heterocycles. The van der Waals surface area contributed by atoms with E-state index in [2.05, 4.69) is 5.16 Å². The maximum Gasteiger partial charge on any atom is 0.152 e. The molecule has 5 heteroatoms. The summed E-state index contributed by atoms with van der Waals surface area (Å²) in [5.41, 5.74) is 1.44. The highest BCUT2D eigenvalue weighted by Gasteiger charge is 2.09. The van der Waals surface area contributed by atoms with E-state index in [0.29, 0.717) is 21.5 Å². The maximum absolute atomic E-state index is 6.02. The molecule has 0 saturated carbocycles. The van der Waals surface area contributed by atoms with Crippen LogP contribution < -0.4 is 0 Å². The summed E-state index contributed by atoms with van der Waals surface area (Å²) in [6.45, 7) is 0. The Morgan fingerprint density at radius 3 is 2.60 bits per heavy atom. The number of hydrogen-bond donors (Lipinski definition) is 0. The van der Waals surface area contributed by atoms with Gasteiger partial charge in [-0.2, -0.15) is 0 Å². The van der Waals surface area contributed by atoms with Crippen molar-refractivity contribution in [3.63, 3.8) is 0 Å². The van der Waals surface area contributed by atoms with Crippen LogP contribution in [0, 0.1) is 0 Å². The molecule has 0 fully saturated rings. The summed E-state index contributed by atoms with van der Waals surface area (Å²) in [4.78, 5) is 0. The summed E-state index contributed by atoms with van der Waals surface area (Å²) in [6, 6.07) is 6.95. The van der Waals surface area contributed by atoms with Gasteiger partial charge in [0.2, 0.25) is 0 Å². The lowest BCUT2D eigenvalue weighted by molar-refractivity contribution is 0.396. The van der Waals surface area contributed by atoms with Crippen LogP contribution >= 0.6 is 34.8 Å². The molecule has 0 N–H and O–H groups in total. The molecule has 0 bridgehead atoms. The first-order chi connectivity index (χ1) is 7.20. The van der Waals surface area contributed by atoms with E-state index in [4.69, 9.17) is 39.3 Å². The highest BCUT2D eigenvalue weighted by atomic mass is 35.5. The largest absolute Gasteiger partial charge is 0.359 e. The highest BCUT2D eigenvalue weighted by Crippen LogP contribution is 2.30. The average Bonchev–Trinajstić information content (AvgIpc) is 2.66. The molecule has 0 spiro atoms. The second kappa shape index (κ2) is 4.44. The van der Waals surface area contributed by atoms with Crippen molar-refractivity contribution in [2.24, 2.45) is 0 Å². The highest BCUT2D eigenvalue weighted by molar-refractivity contribution is 6.36. The quantitative estimate of drug-likeness (QED) is 0.750. The summed E-state index contributed by atoms with van der Waals surface area (Å²) in [6.07, 6.45) is 0. The van der Waals surface area contributed by atoms with Crippen molar-refractivity contribution in [2.75, 3.05) is 0 Å². The number of halogens is 3. The molecule has 1 aromatic carbocycles. The molecule has 2 aromatic rings. The van der Waals surface area contributed by atoms with Crippen LogP contribution in [0.1, 0.15) is 5.76 Å². The van der Waals surface area contributed by atoms with E-state index in [1.807, 2.05) is 0 Å². The molecular weight excluding hydrogens is 256 g/mol. The lowest BCUT2D eigenvalue weighted by Crippen LogP contribution is -1.78. The molecule has 2 rings (SSSR count). The third kappa shape index (κ3) is 2.28. The van der Waals surface area contributed by atoms with Gasteiger partial charge in [0.25, 0.3) is 0 Å². The van der Waals surface area contributed by atoms with E-state index in [0.717, 1.165) is 5.56 Å². The van der Waals surface area contributed by atoms with Crippen LogP contribution in [0.4, 0.5) is 0 Å².